The van der Waals surface area contributed by atoms with Crippen LogP contribution in [0, 0.1) is 0 Å². The second kappa shape index (κ2) is 12.4. The highest BCUT2D eigenvalue weighted by Crippen LogP contribution is 2.25. The molecule has 0 saturated carbocycles. The number of nitrogens with zero attached hydrogens (tertiary/aromatic N) is 2. The summed E-state index contributed by atoms with van der Waals surface area (Å²) in [5.41, 5.74) is 0.619. The third-order valence-electron chi connectivity index (χ3n) is 4.90. The number of nitrogens with one attached hydrogen (secondary N) is 2. The topological polar surface area (TPSA) is 58.1 Å². The summed E-state index contributed by atoms with van der Waals surface area (Å²) in [6.07, 6.45) is 1.88. The van der Waals surface area contributed by atoms with Crippen LogP contribution in [0.2, 0.25) is 0 Å². The van der Waals surface area contributed by atoms with Crippen LogP contribution in [0.1, 0.15) is 25.3 Å². The Morgan fingerprint density at radius 2 is 1.93 bits per heavy atom. The number of rotatable bonds is 8. The molecule has 1 aliphatic rings. The molecule has 2 rings (SSSR count). The van der Waals surface area contributed by atoms with Gasteiger partial charge in [0.15, 0.2) is 5.96 Å². The van der Waals surface area contributed by atoms with E-state index in [1.807, 2.05) is 6.92 Å². The van der Waals surface area contributed by atoms with E-state index >= 15 is 0 Å². The summed E-state index contributed by atoms with van der Waals surface area (Å²) >= 11 is 0. The minimum Gasteiger partial charge on any atom is -0.434 e. The molecule has 0 atom stereocenters. The van der Waals surface area contributed by atoms with Crippen molar-refractivity contribution in [1.29, 1.82) is 0 Å². The summed E-state index contributed by atoms with van der Waals surface area (Å²) < 4.78 is 35.2. The number of hydrogen-bond acceptors (Lipinski definition) is 4. The van der Waals surface area contributed by atoms with Gasteiger partial charge in [-0.25, -0.2) is 4.99 Å². The van der Waals surface area contributed by atoms with E-state index in [0.717, 1.165) is 32.6 Å². The first kappa shape index (κ1) is 24.8. The Labute approximate surface area is 183 Å². The minimum atomic E-state index is -2.85. The molecule has 1 saturated heterocycles. The highest BCUT2D eigenvalue weighted by molar-refractivity contribution is 14.0. The van der Waals surface area contributed by atoms with Crippen molar-refractivity contribution in [1.82, 2.24) is 15.5 Å². The number of para-hydroxylation sites is 1. The van der Waals surface area contributed by atoms with Crippen LogP contribution in [-0.2, 0) is 11.3 Å². The highest BCUT2D eigenvalue weighted by atomic mass is 127. The molecule has 0 amide bonds. The van der Waals surface area contributed by atoms with Gasteiger partial charge in [0.25, 0.3) is 0 Å². The quantitative estimate of drug-likeness (QED) is 0.319. The molecule has 0 bridgehead atoms. The van der Waals surface area contributed by atoms with Gasteiger partial charge in [0, 0.05) is 37.4 Å². The molecule has 160 valence electrons. The van der Waals surface area contributed by atoms with E-state index in [9.17, 15) is 8.78 Å². The molecular formula is C19H31F2IN4O2. The minimum absolute atomic E-state index is 0. The van der Waals surface area contributed by atoms with Crippen molar-refractivity contribution in [3.05, 3.63) is 29.8 Å². The summed E-state index contributed by atoms with van der Waals surface area (Å²) in [6, 6.07) is 6.72. The highest BCUT2D eigenvalue weighted by Gasteiger charge is 2.34. The number of guanidine groups is 1. The Balaban J connectivity index is 0.00000392. The van der Waals surface area contributed by atoms with Crippen molar-refractivity contribution in [2.24, 2.45) is 4.99 Å². The molecule has 28 heavy (non-hydrogen) atoms. The number of ether oxygens (including phenoxy) is 2. The second-order valence-electron chi connectivity index (χ2n) is 6.77. The van der Waals surface area contributed by atoms with Crippen LogP contribution >= 0.6 is 24.0 Å². The van der Waals surface area contributed by atoms with Crippen molar-refractivity contribution < 1.29 is 18.3 Å². The zero-order valence-corrected chi connectivity index (χ0v) is 19.0. The molecule has 1 fully saturated rings. The SMILES string of the molecule is CCNC(=NCc1ccccc1OC(F)F)NCC1(N(C)C)CCOCC1.I. The Kier molecular flexibility index (Phi) is 11.0. The average Bonchev–Trinajstić information content (AvgIpc) is 2.65. The second-order valence-corrected chi connectivity index (χ2v) is 6.77. The standard InChI is InChI=1S/C19H30F2N4O2.HI/c1-4-22-18(24-14-19(25(2)3)9-11-26-12-10-19)23-13-15-7-5-6-8-16(15)27-17(20)21;/h5-8,17H,4,9-14H2,1-3H3,(H2,22,23,24);1H. The molecule has 0 radical (unpaired) electrons. The third kappa shape index (κ3) is 7.32. The molecule has 1 aromatic rings. The van der Waals surface area contributed by atoms with E-state index in [2.05, 4.69) is 39.4 Å². The lowest BCUT2D eigenvalue weighted by Crippen LogP contribution is -2.57. The van der Waals surface area contributed by atoms with Gasteiger partial charge in [0.2, 0.25) is 0 Å². The van der Waals surface area contributed by atoms with Gasteiger partial charge in [0.1, 0.15) is 5.75 Å². The fraction of sp³-hybridized carbons (Fsp3) is 0.632. The summed E-state index contributed by atoms with van der Waals surface area (Å²) in [5.74, 6) is 0.804. The summed E-state index contributed by atoms with van der Waals surface area (Å²) in [4.78, 5) is 6.78. The van der Waals surface area contributed by atoms with Gasteiger partial charge < -0.3 is 25.0 Å². The maximum atomic E-state index is 12.6. The molecule has 0 aliphatic carbocycles. The summed E-state index contributed by atoms with van der Waals surface area (Å²) in [5, 5.41) is 6.60. The van der Waals surface area contributed by atoms with Gasteiger partial charge in [-0.3, -0.25) is 0 Å². The fourth-order valence-electron chi connectivity index (χ4n) is 3.13. The number of hydrogen-bond donors (Lipinski definition) is 2. The Hall–Kier alpha value is -1.20. The molecule has 1 aliphatic heterocycles. The zero-order valence-electron chi connectivity index (χ0n) is 16.7. The molecule has 0 unspecified atom stereocenters. The lowest BCUT2D eigenvalue weighted by molar-refractivity contribution is -0.0504. The van der Waals surface area contributed by atoms with Crippen LogP contribution in [0.3, 0.4) is 0 Å². The van der Waals surface area contributed by atoms with Crippen LogP contribution in [0.25, 0.3) is 0 Å². The fourth-order valence-corrected chi connectivity index (χ4v) is 3.13. The van der Waals surface area contributed by atoms with Crippen LogP contribution in [-0.4, -0.2) is 63.4 Å². The lowest BCUT2D eigenvalue weighted by Gasteiger charge is -2.43. The normalized spacial score (nSPS) is 16.6. The van der Waals surface area contributed by atoms with Gasteiger partial charge in [-0.05, 0) is 39.9 Å². The Morgan fingerprint density at radius 3 is 2.54 bits per heavy atom. The van der Waals surface area contributed by atoms with Crippen molar-refractivity contribution >= 4 is 29.9 Å². The first-order valence-corrected chi connectivity index (χ1v) is 9.27. The van der Waals surface area contributed by atoms with Gasteiger partial charge in [-0.2, -0.15) is 8.78 Å². The molecule has 2 N–H and O–H groups in total. The smallest absolute Gasteiger partial charge is 0.387 e. The molecular weight excluding hydrogens is 481 g/mol. The molecule has 9 heteroatoms. The first-order chi connectivity index (χ1) is 13.0. The van der Waals surface area contributed by atoms with E-state index in [1.165, 1.54) is 6.07 Å². The van der Waals surface area contributed by atoms with Gasteiger partial charge in [-0.1, -0.05) is 18.2 Å². The number of halogens is 3. The van der Waals surface area contributed by atoms with Crippen LogP contribution in [0.15, 0.2) is 29.3 Å². The molecule has 1 heterocycles. The Morgan fingerprint density at radius 1 is 1.25 bits per heavy atom. The van der Waals surface area contributed by atoms with Crippen LogP contribution < -0.4 is 15.4 Å². The predicted octanol–water partition coefficient (Wildman–Crippen LogP) is 3.07. The van der Waals surface area contributed by atoms with E-state index in [1.54, 1.807) is 18.2 Å². The Bertz CT molecular complexity index is 611. The number of aliphatic imine (C=N–C) groups is 1. The number of benzene rings is 1. The third-order valence-corrected chi connectivity index (χ3v) is 4.90. The lowest BCUT2D eigenvalue weighted by atomic mass is 9.88. The van der Waals surface area contributed by atoms with Crippen molar-refractivity contribution in [2.75, 3.05) is 40.4 Å². The molecule has 1 aromatic carbocycles. The van der Waals surface area contributed by atoms with E-state index < -0.39 is 6.61 Å². The number of alkyl halides is 2. The summed E-state index contributed by atoms with van der Waals surface area (Å²) in [7, 11) is 4.16. The van der Waals surface area contributed by atoms with Crippen LogP contribution in [0.5, 0.6) is 5.75 Å². The maximum absolute atomic E-state index is 12.6. The molecule has 0 aromatic heterocycles. The zero-order chi connectivity index (χ0) is 19.7. The van der Waals surface area contributed by atoms with E-state index in [4.69, 9.17) is 4.74 Å². The van der Waals surface area contributed by atoms with Crippen molar-refractivity contribution in [3.8, 4) is 5.75 Å². The largest absolute Gasteiger partial charge is 0.434 e. The van der Waals surface area contributed by atoms with Gasteiger partial charge >= 0.3 is 6.61 Å². The van der Waals surface area contributed by atoms with Crippen molar-refractivity contribution in [2.45, 2.75) is 38.5 Å². The monoisotopic (exact) mass is 512 g/mol. The van der Waals surface area contributed by atoms with Gasteiger partial charge in [-0.15, -0.1) is 24.0 Å². The molecule has 6 nitrogen and oxygen atoms in total. The van der Waals surface area contributed by atoms with E-state index in [0.29, 0.717) is 18.1 Å². The van der Waals surface area contributed by atoms with Crippen LogP contribution in [0.4, 0.5) is 8.78 Å². The number of likely N-dealkylation sites (N-methyl/N-ethyl adjacent to an activating group) is 1. The summed E-state index contributed by atoms with van der Waals surface area (Å²) in [6.45, 7) is 2.30. The average molecular weight is 512 g/mol. The van der Waals surface area contributed by atoms with Gasteiger partial charge in [0.05, 0.1) is 6.54 Å². The molecule has 0 spiro atoms. The first-order valence-electron chi connectivity index (χ1n) is 9.27. The predicted molar refractivity (Wildman–Crippen MR) is 118 cm³/mol. The maximum Gasteiger partial charge on any atom is 0.387 e. The van der Waals surface area contributed by atoms with E-state index in [-0.39, 0.29) is 41.8 Å². The van der Waals surface area contributed by atoms with Crippen molar-refractivity contribution in [3.63, 3.8) is 0 Å².